The molecule has 7 heteroatoms. The lowest BCUT2D eigenvalue weighted by atomic mass is 10.2. The molecule has 17 heavy (non-hydrogen) atoms. The molecule has 1 aliphatic heterocycles. The summed E-state index contributed by atoms with van der Waals surface area (Å²) in [4.78, 5) is 12.5. The smallest absolute Gasteiger partial charge is 0.261 e. The summed E-state index contributed by atoms with van der Waals surface area (Å²) >= 11 is 4.72. The van der Waals surface area contributed by atoms with Crippen molar-refractivity contribution in [2.75, 3.05) is 11.5 Å². The molecule has 94 valence electrons. The molecule has 1 atom stereocenters. The largest absolute Gasteiger partial charge is 0.348 e. The van der Waals surface area contributed by atoms with Crippen molar-refractivity contribution in [3.8, 4) is 0 Å². The Labute approximate surface area is 112 Å². The van der Waals surface area contributed by atoms with E-state index in [4.69, 9.17) is 0 Å². The van der Waals surface area contributed by atoms with Gasteiger partial charge < -0.3 is 5.32 Å². The van der Waals surface area contributed by atoms with E-state index in [1.54, 1.807) is 6.07 Å². The number of sulfone groups is 1. The van der Waals surface area contributed by atoms with Gasteiger partial charge in [0.1, 0.15) is 0 Å². The zero-order chi connectivity index (χ0) is 12.6. The van der Waals surface area contributed by atoms with Gasteiger partial charge in [0.15, 0.2) is 9.84 Å². The van der Waals surface area contributed by atoms with Crippen molar-refractivity contribution in [1.29, 1.82) is 0 Å². The molecule has 0 spiro atoms. The normalized spacial score (nSPS) is 22.6. The Balaban J connectivity index is 2.03. The number of hydrogen-bond donors (Lipinski definition) is 1. The summed E-state index contributed by atoms with van der Waals surface area (Å²) in [6, 6.07) is 1.56. The number of carbonyl (C=O) groups is 1. The summed E-state index contributed by atoms with van der Waals surface area (Å²) in [5, 5.41) is 2.76. The van der Waals surface area contributed by atoms with Gasteiger partial charge in [0.05, 0.1) is 20.2 Å². The van der Waals surface area contributed by atoms with Gasteiger partial charge in [-0.25, -0.2) is 8.42 Å². The first kappa shape index (κ1) is 13.0. The van der Waals surface area contributed by atoms with E-state index in [9.17, 15) is 13.2 Å². The lowest BCUT2D eigenvalue weighted by Crippen LogP contribution is -2.35. The zero-order valence-corrected chi connectivity index (χ0v) is 12.4. The maximum Gasteiger partial charge on any atom is 0.261 e. The molecule has 1 saturated heterocycles. The molecule has 1 aromatic rings. The molecule has 0 bridgehead atoms. The molecule has 2 heterocycles. The molecule has 1 N–H and O–H groups in total. The molecule has 1 aromatic heterocycles. The van der Waals surface area contributed by atoms with E-state index in [1.807, 2.05) is 6.92 Å². The van der Waals surface area contributed by atoms with Crippen molar-refractivity contribution in [3.63, 3.8) is 0 Å². The Bertz CT molecular complexity index is 530. The minimum atomic E-state index is -2.95. The SMILES string of the molecule is Cc1cc(C(=O)NC2CCS(=O)(=O)C2)sc1Br. The maximum absolute atomic E-state index is 11.9. The van der Waals surface area contributed by atoms with Crippen LogP contribution in [0.4, 0.5) is 0 Å². The van der Waals surface area contributed by atoms with Crippen LogP contribution in [0.3, 0.4) is 0 Å². The molecule has 1 aliphatic rings. The van der Waals surface area contributed by atoms with Gasteiger partial charge in [-0.2, -0.15) is 0 Å². The average molecular weight is 338 g/mol. The van der Waals surface area contributed by atoms with Crippen molar-refractivity contribution in [2.24, 2.45) is 0 Å². The van der Waals surface area contributed by atoms with E-state index in [1.165, 1.54) is 11.3 Å². The highest BCUT2D eigenvalue weighted by atomic mass is 79.9. The van der Waals surface area contributed by atoms with Crippen molar-refractivity contribution in [3.05, 3.63) is 20.3 Å². The van der Waals surface area contributed by atoms with Gasteiger partial charge in [0.25, 0.3) is 5.91 Å². The third kappa shape index (κ3) is 3.08. The topological polar surface area (TPSA) is 63.2 Å². The molecule has 1 unspecified atom stereocenters. The second-order valence-electron chi connectivity index (χ2n) is 4.14. The number of aryl methyl sites for hydroxylation is 1. The molecular weight excluding hydrogens is 326 g/mol. The molecule has 1 amide bonds. The average Bonchev–Trinajstić information content (AvgIpc) is 2.71. The van der Waals surface area contributed by atoms with E-state index in [0.717, 1.165) is 9.35 Å². The molecular formula is C10H12BrNO3S2. The number of thiophene rings is 1. The molecule has 0 aromatic carbocycles. The van der Waals surface area contributed by atoms with Crippen molar-refractivity contribution in [1.82, 2.24) is 5.32 Å². The fourth-order valence-corrected chi connectivity index (χ4v) is 4.85. The molecule has 0 radical (unpaired) electrons. The zero-order valence-electron chi connectivity index (χ0n) is 9.20. The first-order valence-corrected chi connectivity index (χ1v) is 8.58. The Morgan fingerprint density at radius 3 is 2.76 bits per heavy atom. The van der Waals surface area contributed by atoms with Crippen LogP contribution in [0.5, 0.6) is 0 Å². The van der Waals surface area contributed by atoms with E-state index >= 15 is 0 Å². The molecule has 4 nitrogen and oxygen atoms in total. The lowest BCUT2D eigenvalue weighted by Gasteiger charge is -2.08. The summed E-state index contributed by atoms with van der Waals surface area (Å²) in [7, 11) is -2.95. The van der Waals surface area contributed by atoms with Crippen molar-refractivity contribution < 1.29 is 13.2 Å². The van der Waals surface area contributed by atoms with Crippen LogP contribution in [-0.4, -0.2) is 31.9 Å². The van der Waals surface area contributed by atoms with Crippen LogP contribution in [0.25, 0.3) is 0 Å². The van der Waals surface area contributed by atoms with Crippen LogP contribution < -0.4 is 5.32 Å². The van der Waals surface area contributed by atoms with E-state index in [-0.39, 0.29) is 23.5 Å². The summed E-state index contributed by atoms with van der Waals surface area (Å²) in [6.45, 7) is 1.91. The highest BCUT2D eigenvalue weighted by Crippen LogP contribution is 2.27. The van der Waals surface area contributed by atoms with E-state index < -0.39 is 9.84 Å². The minimum Gasteiger partial charge on any atom is -0.348 e. The van der Waals surface area contributed by atoms with Crippen molar-refractivity contribution in [2.45, 2.75) is 19.4 Å². The second-order valence-corrected chi connectivity index (χ2v) is 8.74. The number of carbonyl (C=O) groups excluding carboxylic acids is 1. The predicted molar refractivity (Wildman–Crippen MR) is 71.3 cm³/mol. The van der Waals surface area contributed by atoms with Gasteiger partial charge in [0.2, 0.25) is 0 Å². The van der Waals surface area contributed by atoms with Crippen LogP contribution in [0.1, 0.15) is 21.7 Å². The monoisotopic (exact) mass is 337 g/mol. The Morgan fingerprint density at radius 2 is 2.29 bits per heavy atom. The second kappa shape index (κ2) is 4.70. The van der Waals surface area contributed by atoms with Crippen LogP contribution >= 0.6 is 27.3 Å². The highest BCUT2D eigenvalue weighted by Gasteiger charge is 2.29. The Hall–Kier alpha value is -0.400. The van der Waals surface area contributed by atoms with Gasteiger partial charge in [0, 0.05) is 6.04 Å². The highest BCUT2D eigenvalue weighted by molar-refractivity contribution is 9.11. The van der Waals surface area contributed by atoms with E-state index in [0.29, 0.717) is 11.3 Å². The number of halogens is 1. The third-order valence-corrected chi connectivity index (χ3v) is 6.55. The minimum absolute atomic E-state index is 0.0598. The lowest BCUT2D eigenvalue weighted by molar-refractivity contribution is 0.0945. The van der Waals surface area contributed by atoms with Crippen LogP contribution in [0.15, 0.2) is 9.85 Å². The molecule has 0 aliphatic carbocycles. The first-order chi connectivity index (χ1) is 7.87. The summed E-state index contributed by atoms with van der Waals surface area (Å²) in [5.41, 5.74) is 1.01. The van der Waals surface area contributed by atoms with Gasteiger partial charge in [-0.1, -0.05) is 0 Å². The number of nitrogens with one attached hydrogen (secondary N) is 1. The third-order valence-electron chi connectivity index (χ3n) is 2.65. The van der Waals surface area contributed by atoms with Crippen molar-refractivity contribution >= 4 is 43.0 Å². The summed E-state index contributed by atoms with van der Waals surface area (Å²) in [5.74, 6) is 0.0425. The Kier molecular flexibility index (Phi) is 3.61. The van der Waals surface area contributed by atoms with Crippen LogP contribution in [-0.2, 0) is 9.84 Å². The van der Waals surface area contributed by atoms with Crippen LogP contribution in [0.2, 0.25) is 0 Å². The number of rotatable bonds is 2. The predicted octanol–water partition coefficient (Wildman–Crippen LogP) is 1.74. The van der Waals surface area contributed by atoms with Gasteiger partial charge in [-0.05, 0) is 40.9 Å². The van der Waals surface area contributed by atoms with E-state index in [2.05, 4.69) is 21.2 Å². The molecule has 0 saturated carbocycles. The number of amides is 1. The molecule has 2 rings (SSSR count). The first-order valence-electron chi connectivity index (χ1n) is 5.14. The Morgan fingerprint density at radius 1 is 1.59 bits per heavy atom. The van der Waals surface area contributed by atoms with Crippen LogP contribution in [0, 0.1) is 6.92 Å². The summed E-state index contributed by atoms with van der Waals surface area (Å²) < 4.78 is 23.5. The fraction of sp³-hybridized carbons (Fsp3) is 0.500. The maximum atomic E-state index is 11.9. The van der Waals surface area contributed by atoms with Gasteiger partial charge >= 0.3 is 0 Å². The fourth-order valence-electron chi connectivity index (χ4n) is 1.74. The molecule has 1 fully saturated rings. The summed E-state index contributed by atoms with van der Waals surface area (Å²) in [6.07, 6.45) is 0.513. The quantitative estimate of drug-likeness (QED) is 0.893. The standard InChI is InChI=1S/C10H12BrNO3S2/c1-6-4-8(16-9(6)11)10(13)12-7-2-3-17(14,15)5-7/h4,7H,2-3,5H2,1H3,(H,12,13). The van der Waals surface area contributed by atoms with Gasteiger partial charge in [-0.15, -0.1) is 11.3 Å². The van der Waals surface area contributed by atoms with Gasteiger partial charge in [-0.3, -0.25) is 4.79 Å². The number of hydrogen-bond acceptors (Lipinski definition) is 4.